The molecular weight excluding hydrogens is 187 g/mol. The van der Waals surface area contributed by atoms with Gasteiger partial charge in [0, 0.05) is 6.61 Å². The first kappa shape index (κ1) is 15.1. The van der Waals surface area contributed by atoms with Crippen LogP contribution in [-0.2, 0) is 13.4 Å². The Balaban J connectivity index is 0. The molecule has 76 valence electrons. The second-order valence-electron chi connectivity index (χ2n) is 2.47. The lowest BCUT2D eigenvalue weighted by atomic mass is 10.3. The van der Waals surface area contributed by atoms with Gasteiger partial charge in [0.1, 0.15) is 12.2 Å². The number of Topliss-reactive ketones (excluding diaryl/α,β-unsaturated/α-hetero) is 1. The number of carbonyl (C=O) groups excluding carboxylic acids is 1. The fourth-order valence-corrected chi connectivity index (χ4v) is 1.08. The molecule has 0 aromatic heterocycles. The minimum absolute atomic E-state index is 0.0783. The van der Waals surface area contributed by atoms with E-state index in [0.717, 1.165) is 6.61 Å². The molecule has 0 aromatic rings. The van der Waals surface area contributed by atoms with Crippen molar-refractivity contribution in [1.29, 1.82) is 0 Å². The van der Waals surface area contributed by atoms with Crippen molar-refractivity contribution in [1.82, 2.24) is 0 Å². The maximum atomic E-state index is 9.87. The fourth-order valence-electron chi connectivity index (χ4n) is 0.502. The van der Waals surface area contributed by atoms with E-state index in [2.05, 4.69) is 6.92 Å². The SMILES string of the molecule is CC(=O)CC(=O)O.CC[O][AlH][CH2]C. The van der Waals surface area contributed by atoms with E-state index in [1.807, 2.05) is 6.92 Å². The molecule has 0 amide bonds. The molecule has 0 saturated heterocycles. The van der Waals surface area contributed by atoms with Crippen LogP contribution in [0.25, 0.3) is 0 Å². The van der Waals surface area contributed by atoms with Crippen LogP contribution in [0.4, 0.5) is 0 Å². The van der Waals surface area contributed by atoms with Crippen molar-refractivity contribution in [3.05, 3.63) is 0 Å². The van der Waals surface area contributed by atoms with Crippen molar-refractivity contribution in [2.75, 3.05) is 6.61 Å². The van der Waals surface area contributed by atoms with Gasteiger partial charge in [0.25, 0.3) is 0 Å². The van der Waals surface area contributed by atoms with Gasteiger partial charge < -0.3 is 8.90 Å². The van der Waals surface area contributed by atoms with Crippen LogP contribution in [0.2, 0.25) is 5.28 Å². The summed E-state index contributed by atoms with van der Waals surface area (Å²) in [5, 5.41) is 9.13. The van der Waals surface area contributed by atoms with Gasteiger partial charge in [-0.3, -0.25) is 9.59 Å². The first-order valence-electron chi connectivity index (χ1n) is 4.33. The van der Waals surface area contributed by atoms with E-state index in [1.165, 1.54) is 12.2 Å². The van der Waals surface area contributed by atoms with Gasteiger partial charge in [-0.2, -0.15) is 0 Å². The summed E-state index contributed by atoms with van der Waals surface area (Å²) in [6, 6.07) is 0. The average Bonchev–Trinajstić information content (AvgIpc) is 1.99. The van der Waals surface area contributed by atoms with Crippen LogP contribution < -0.4 is 0 Å². The lowest BCUT2D eigenvalue weighted by Crippen LogP contribution is -2.00. The molecule has 1 N–H and O–H groups in total. The Morgan fingerprint density at radius 3 is 2.00 bits per heavy atom. The normalized spacial score (nSPS) is 8.23. The number of aliphatic carboxylic acids is 1. The molecule has 0 aliphatic carbocycles. The molecule has 0 fully saturated rings. The van der Waals surface area contributed by atoms with Crippen LogP contribution in [0.1, 0.15) is 27.2 Å². The molecule has 4 nitrogen and oxygen atoms in total. The highest BCUT2D eigenvalue weighted by molar-refractivity contribution is 6.26. The van der Waals surface area contributed by atoms with Crippen LogP contribution in [-0.4, -0.2) is 39.0 Å². The number of hydrogen-bond donors (Lipinski definition) is 1. The number of carboxylic acids is 1. The van der Waals surface area contributed by atoms with Crippen LogP contribution in [0.3, 0.4) is 0 Å². The van der Waals surface area contributed by atoms with Gasteiger partial charge in [-0.05, 0) is 13.8 Å². The van der Waals surface area contributed by atoms with Crippen LogP contribution in [0.5, 0.6) is 0 Å². The fraction of sp³-hybridized carbons (Fsp3) is 0.750. The van der Waals surface area contributed by atoms with Gasteiger partial charge in [0.2, 0.25) is 0 Å². The molecule has 0 radical (unpaired) electrons. The summed E-state index contributed by atoms with van der Waals surface area (Å²) in [4.78, 5) is 19.5. The van der Waals surface area contributed by atoms with Gasteiger partial charge in [-0.15, -0.1) is 0 Å². The molecule has 0 unspecified atom stereocenters. The van der Waals surface area contributed by atoms with Gasteiger partial charge in [0.15, 0.2) is 0 Å². The minimum atomic E-state index is -1.06. The third-order valence-electron chi connectivity index (χ3n) is 0.953. The number of hydrogen-bond acceptors (Lipinski definition) is 3. The zero-order chi connectivity index (χ0) is 10.7. The number of carboxylic acid groups (broad SMARTS) is 1. The summed E-state index contributed by atoms with van der Waals surface area (Å²) in [7, 11) is 0. The molecule has 5 heteroatoms. The van der Waals surface area contributed by atoms with E-state index < -0.39 is 5.97 Å². The predicted molar refractivity (Wildman–Crippen MR) is 52.2 cm³/mol. The van der Waals surface area contributed by atoms with Crippen molar-refractivity contribution in [2.45, 2.75) is 32.5 Å². The monoisotopic (exact) mass is 204 g/mol. The maximum Gasteiger partial charge on any atom is 0.435 e. The smallest absolute Gasteiger partial charge is 0.435 e. The highest BCUT2D eigenvalue weighted by atomic mass is 27.1. The molecule has 0 heterocycles. The van der Waals surface area contributed by atoms with Crippen molar-refractivity contribution in [2.24, 2.45) is 0 Å². The minimum Gasteiger partial charge on any atom is -0.503 e. The molecule has 0 aliphatic heterocycles. The van der Waals surface area contributed by atoms with E-state index in [4.69, 9.17) is 8.90 Å². The Morgan fingerprint density at radius 2 is 1.92 bits per heavy atom. The number of ketones is 1. The summed E-state index contributed by atoms with van der Waals surface area (Å²) in [5.74, 6) is -1.37. The second kappa shape index (κ2) is 11.6. The molecule has 0 atom stereocenters. The molecule has 0 aromatic carbocycles. The van der Waals surface area contributed by atoms with Gasteiger partial charge in [-0.25, -0.2) is 0 Å². The zero-order valence-corrected chi connectivity index (χ0v) is 9.91. The molecule has 0 bridgehead atoms. The van der Waals surface area contributed by atoms with E-state index in [0.29, 0.717) is 0 Å². The van der Waals surface area contributed by atoms with Crippen molar-refractivity contribution >= 4 is 27.3 Å². The van der Waals surface area contributed by atoms with Crippen molar-refractivity contribution in [3.63, 3.8) is 0 Å². The largest absolute Gasteiger partial charge is 0.503 e. The van der Waals surface area contributed by atoms with Crippen LogP contribution in [0.15, 0.2) is 0 Å². The van der Waals surface area contributed by atoms with Crippen molar-refractivity contribution in [3.8, 4) is 0 Å². The summed E-state index contributed by atoms with van der Waals surface area (Å²) in [5.41, 5.74) is 0. The summed E-state index contributed by atoms with van der Waals surface area (Å²) in [6.45, 7) is 6.37. The van der Waals surface area contributed by atoms with Gasteiger partial charge in [-0.1, -0.05) is 12.2 Å². The highest BCUT2D eigenvalue weighted by Gasteiger charge is 1.98. The van der Waals surface area contributed by atoms with Crippen LogP contribution in [0, 0.1) is 0 Å². The average molecular weight is 204 g/mol. The Morgan fingerprint density at radius 1 is 1.38 bits per heavy atom. The Labute approximate surface area is 85.3 Å². The summed E-state index contributed by atoms with van der Waals surface area (Å²) in [6.07, 6.45) is -0.361. The van der Waals surface area contributed by atoms with E-state index in [-0.39, 0.29) is 27.8 Å². The lowest BCUT2D eigenvalue weighted by Gasteiger charge is -1.89. The standard InChI is InChI=1S/C4H6O3.C2H5O.C2H5.Al.H/c1-3(5)2-4(6)7;1-2-3;1-2;;/h2H2,1H3,(H,6,7);2H2,1H3;1H2,2H3;;/q;-1;;+1;. The van der Waals surface area contributed by atoms with Gasteiger partial charge >= 0.3 is 21.5 Å². The molecule has 0 aliphatic rings. The Bertz CT molecular complexity index is 131. The maximum absolute atomic E-state index is 9.87. The third kappa shape index (κ3) is 24.5. The zero-order valence-electron chi connectivity index (χ0n) is 8.50. The van der Waals surface area contributed by atoms with E-state index in [9.17, 15) is 9.59 Å². The molecule has 0 saturated carbocycles. The van der Waals surface area contributed by atoms with Crippen LogP contribution >= 0.6 is 0 Å². The molecular formula is C8H17AlO4. The van der Waals surface area contributed by atoms with E-state index >= 15 is 0 Å². The first-order chi connectivity index (χ1) is 6.04. The quantitative estimate of drug-likeness (QED) is 0.410. The second-order valence-corrected chi connectivity index (χ2v) is 4.29. The summed E-state index contributed by atoms with van der Waals surface area (Å²) < 4.78 is 5.12. The lowest BCUT2D eigenvalue weighted by molar-refractivity contribution is -0.139. The Hall–Kier alpha value is -0.368. The first-order valence-corrected chi connectivity index (χ1v) is 5.91. The molecule has 0 spiro atoms. The molecule has 0 rings (SSSR count). The highest BCUT2D eigenvalue weighted by Crippen LogP contribution is 1.77. The number of rotatable bonds is 5. The Kier molecular flexibility index (Phi) is 13.5. The topological polar surface area (TPSA) is 63.6 Å². The third-order valence-corrected chi connectivity index (χ3v) is 2.06. The molecule has 13 heavy (non-hydrogen) atoms. The summed E-state index contributed by atoms with van der Waals surface area (Å²) >= 11 is -0.0783. The van der Waals surface area contributed by atoms with Gasteiger partial charge in [0.05, 0.1) is 0 Å². The van der Waals surface area contributed by atoms with E-state index in [1.54, 1.807) is 0 Å². The predicted octanol–water partition coefficient (Wildman–Crippen LogP) is 0.863. The van der Waals surface area contributed by atoms with Crippen molar-refractivity contribution < 1.29 is 18.5 Å². The number of carbonyl (C=O) groups is 2.